The van der Waals surface area contributed by atoms with E-state index in [1.54, 1.807) is 0 Å². The van der Waals surface area contributed by atoms with Crippen LogP contribution in [0.2, 0.25) is 0 Å². The second-order valence-electron chi connectivity index (χ2n) is 9.35. The highest BCUT2D eigenvalue weighted by Gasteiger charge is 2.32. The van der Waals surface area contributed by atoms with Crippen LogP contribution in [0.1, 0.15) is 78.4 Å². The third kappa shape index (κ3) is 4.14. The van der Waals surface area contributed by atoms with Gasteiger partial charge in [0, 0.05) is 29.0 Å². The molecule has 3 rings (SSSR count). The van der Waals surface area contributed by atoms with E-state index in [0.29, 0.717) is 23.7 Å². The van der Waals surface area contributed by atoms with Gasteiger partial charge in [0.25, 0.3) is 6.33 Å². The molecule has 29 heavy (non-hydrogen) atoms. The molecule has 0 atom stereocenters. The predicted octanol–water partition coefficient (Wildman–Crippen LogP) is 6.83. The first-order valence-corrected chi connectivity index (χ1v) is 11.0. The Morgan fingerprint density at radius 1 is 0.828 bits per heavy atom. The second kappa shape index (κ2) is 8.51. The maximum atomic E-state index is 3.37. The molecule has 0 saturated carbocycles. The SMILES string of the molecule is CC(C)C1=C[C+]=CC(C(C)C)=C1n1cc[n+](-c2c(C(C)C)cccc2C(C)C)c1. The average molecular weight is 389 g/mol. The van der Waals surface area contributed by atoms with Crippen LogP contribution < -0.4 is 4.57 Å². The van der Waals surface area contributed by atoms with Crippen molar-refractivity contribution in [2.75, 3.05) is 0 Å². The maximum Gasteiger partial charge on any atom is 0.256 e. The molecular weight excluding hydrogens is 352 g/mol. The molecule has 1 aliphatic rings. The van der Waals surface area contributed by atoms with Gasteiger partial charge in [-0.2, -0.15) is 4.57 Å². The zero-order valence-electron chi connectivity index (χ0n) is 19.3. The number of para-hydroxylation sites is 1. The van der Waals surface area contributed by atoms with Crippen molar-refractivity contribution in [3.8, 4) is 5.69 Å². The first kappa shape index (κ1) is 21.3. The molecule has 0 amide bonds. The summed E-state index contributed by atoms with van der Waals surface area (Å²) in [5.41, 5.74) is 8.12. The van der Waals surface area contributed by atoms with E-state index in [2.05, 4.69) is 120 Å². The summed E-state index contributed by atoms with van der Waals surface area (Å²) in [6, 6.07) is 6.74. The minimum absolute atomic E-state index is 0.449. The number of benzene rings is 1. The Hall–Kier alpha value is -2.44. The topological polar surface area (TPSA) is 8.81 Å². The van der Waals surface area contributed by atoms with Crippen LogP contribution in [0.15, 0.2) is 60.2 Å². The van der Waals surface area contributed by atoms with E-state index in [1.807, 2.05) is 0 Å². The summed E-state index contributed by atoms with van der Waals surface area (Å²) in [5, 5.41) is 0. The summed E-state index contributed by atoms with van der Waals surface area (Å²) in [6.45, 7) is 18.2. The molecule has 0 bridgehead atoms. The van der Waals surface area contributed by atoms with Crippen molar-refractivity contribution < 1.29 is 4.57 Å². The highest BCUT2D eigenvalue weighted by Crippen LogP contribution is 2.34. The van der Waals surface area contributed by atoms with Gasteiger partial charge in [-0.05, 0) is 39.5 Å². The van der Waals surface area contributed by atoms with Gasteiger partial charge in [0.2, 0.25) is 5.70 Å². The Morgan fingerprint density at radius 2 is 1.45 bits per heavy atom. The fourth-order valence-electron chi connectivity index (χ4n) is 4.13. The Kier molecular flexibility index (Phi) is 6.24. The first-order chi connectivity index (χ1) is 13.7. The van der Waals surface area contributed by atoms with E-state index in [4.69, 9.17) is 0 Å². The second-order valence-corrected chi connectivity index (χ2v) is 9.35. The van der Waals surface area contributed by atoms with Crippen LogP contribution in [0.5, 0.6) is 0 Å². The fraction of sp³-hybridized carbons (Fsp3) is 0.444. The van der Waals surface area contributed by atoms with Gasteiger partial charge >= 0.3 is 0 Å². The van der Waals surface area contributed by atoms with Crippen molar-refractivity contribution in [1.29, 1.82) is 0 Å². The molecular formula is C27H36N2+2. The normalized spacial score (nSPS) is 14.4. The summed E-state index contributed by atoms with van der Waals surface area (Å²) in [5.74, 6) is 1.85. The number of imidazole rings is 1. The molecule has 2 nitrogen and oxygen atoms in total. The van der Waals surface area contributed by atoms with Gasteiger partial charge in [0.05, 0.1) is 0 Å². The van der Waals surface area contributed by atoms with Crippen LogP contribution in [0.3, 0.4) is 0 Å². The van der Waals surface area contributed by atoms with Crippen LogP contribution in [0.25, 0.3) is 11.4 Å². The van der Waals surface area contributed by atoms with Crippen molar-refractivity contribution in [3.05, 3.63) is 77.4 Å². The van der Waals surface area contributed by atoms with Crippen LogP contribution in [0, 0.1) is 17.9 Å². The summed E-state index contributed by atoms with van der Waals surface area (Å²) in [4.78, 5) is 0. The quantitative estimate of drug-likeness (QED) is 0.378. The molecule has 152 valence electrons. The van der Waals surface area contributed by atoms with E-state index in [1.165, 1.54) is 33.7 Å². The molecule has 0 aliphatic heterocycles. The lowest BCUT2D eigenvalue weighted by Gasteiger charge is -2.16. The Morgan fingerprint density at radius 3 is 1.97 bits per heavy atom. The van der Waals surface area contributed by atoms with Crippen molar-refractivity contribution in [2.24, 2.45) is 11.8 Å². The van der Waals surface area contributed by atoms with Crippen LogP contribution in [-0.2, 0) is 0 Å². The zero-order valence-corrected chi connectivity index (χ0v) is 19.3. The van der Waals surface area contributed by atoms with Crippen LogP contribution >= 0.6 is 0 Å². The minimum atomic E-state index is 0.449. The van der Waals surface area contributed by atoms with E-state index in [9.17, 15) is 0 Å². The molecule has 1 aromatic heterocycles. The van der Waals surface area contributed by atoms with Gasteiger partial charge in [0.1, 0.15) is 41.4 Å². The average Bonchev–Trinajstić information content (AvgIpc) is 3.15. The molecule has 0 fully saturated rings. The van der Waals surface area contributed by atoms with Crippen LogP contribution in [-0.4, -0.2) is 4.57 Å². The molecule has 0 radical (unpaired) electrons. The number of nitrogens with zero attached hydrogens (tertiary/aromatic N) is 2. The van der Waals surface area contributed by atoms with Gasteiger partial charge in [-0.3, -0.25) is 0 Å². The number of hydrogen-bond acceptors (Lipinski definition) is 0. The molecule has 1 aliphatic carbocycles. The molecule has 1 aromatic carbocycles. The summed E-state index contributed by atoms with van der Waals surface area (Å²) in [7, 11) is 0. The van der Waals surface area contributed by atoms with E-state index >= 15 is 0 Å². The largest absolute Gasteiger partial charge is 0.256 e. The number of aromatic nitrogens is 2. The van der Waals surface area contributed by atoms with Crippen molar-refractivity contribution in [1.82, 2.24) is 4.57 Å². The molecule has 2 aromatic rings. The van der Waals surface area contributed by atoms with E-state index in [0.717, 1.165) is 0 Å². The summed E-state index contributed by atoms with van der Waals surface area (Å²) >= 11 is 0. The predicted molar refractivity (Wildman–Crippen MR) is 123 cm³/mol. The third-order valence-electron chi connectivity index (χ3n) is 5.76. The molecule has 1 heterocycles. The Labute approximate surface area is 177 Å². The third-order valence-corrected chi connectivity index (χ3v) is 5.76. The van der Waals surface area contributed by atoms with Crippen molar-refractivity contribution in [3.63, 3.8) is 0 Å². The zero-order chi connectivity index (χ0) is 21.3. The van der Waals surface area contributed by atoms with Crippen molar-refractivity contribution >= 4 is 5.70 Å². The molecule has 0 N–H and O–H groups in total. The number of allylic oxidation sites excluding steroid dienone is 6. The molecule has 0 spiro atoms. The van der Waals surface area contributed by atoms with Gasteiger partial charge in [0.15, 0.2) is 0 Å². The van der Waals surface area contributed by atoms with Gasteiger partial charge in [-0.1, -0.05) is 45.9 Å². The van der Waals surface area contributed by atoms with E-state index < -0.39 is 0 Å². The minimum Gasteiger partial charge on any atom is -0.201 e. The number of rotatable bonds is 6. The fourth-order valence-corrected chi connectivity index (χ4v) is 4.13. The maximum absolute atomic E-state index is 3.37. The standard InChI is InChI=1S/C27H36N2/c1-18(2)22-11-9-12-23(19(3)4)26(22)28-15-16-29(17-28)27-24(20(5)6)13-10-14-25(27)21(7)8/h9,11-21H,1-8H3/q+2. The molecule has 0 unspecified atom stereocenters. The highest BCUT2D eigenvalue weighted by molar-refractivity contribution is 5.73. The lowest BCUT2D eigenvalue weighted by Crippen LogP contribution is -2.32. The van der Waals surface area contributed by atoms with Gasteiger partial charge in [-0.15, -0.1) is 0 Å². The summed E-state index contributed by atoms with van der Waals surface area (Å²) < 4.78 is 4.62. The Bertz CT molecular complexity index is 936. The first-order valence-electron chi connectivity index (χ1n) is 11.0. The smallest absolute Gasteiger partial charge is 0.201 e. The van der Waals surface area contributed by atoms with Crippen LogP contribution in [0.4, 0.5) is 0 Å². The van der Waals surface area contributed by atoms with Gasteiger partial charge < -0.3 is 0 Å². The molecule has 2 heteroatoms. The number of hydrogen-bond donors (Lipinski definition) is 0. The lowest BCUT2D eigenvalue weighted by atomic mass is 9.88. The highest BCUT2D eigenvalue weighted by atomic mass is 15.1. The lowest BCUT2D eigenvalue weighted by molar-refractivity contribution is -0.595. The van der Waals surface area contributed by atoms with Gasteiger partial charge in [-0.25, -0.2) is 4.57 Å². The van der Waals surface area contributed by atoms with Crippen molar-refractivity contribution in [2.45, 2.75) is 67.2 Å². The Balaban J connectivity index is 2.20. The monoisotopic (exact) mass is 388 g/mol. The summed E-state index contributed by atoms with van der Waals surface area (Å²) in [6.07, 6.45) is 14.3. The molecule has 0 saturated heterocycles. The van der Waals surface area contributed by atoms with E-state index in [-0.39, 0.29) is 0 Å².